The Morgan fingerprint density at radius 1 is 0.971 bits per heavy atom. The zero-order valence-corrected chi connectivity index (χ0v) is 20.6. The fourth-order valence-electron chi connectivity index (χ4n) is 3.95. The van der Waals surface area contributed by atoms with Crippen LogP contribution in [-0.2, 0) is 35.1 Å². The summed E-state index contributed by atoms with van der Waals surface area (Å²) in [5.74, 6) is 1.08. The van der Waals surface area contributed by atoms with Crippen LogP contribution in [0.25, 0.3) is 0 Å². The summed E-state index contributed by atoms with van der Waals surface area (Å²) in [4.78, 5) is 12.8. The average molecular weight is 475 g/mol. The molecule has 0 saturated carbocycles. The van der Waals surface area contributed by atoms with Gasteiger partial charge in [-0.05, 0) is 43.7 Å². The average Bonchev–Trinajstić information content (AvgIpc) is 2.88. The molecule has 0 aromatic heterocycles. The Labute approximate surface area is 201 Å². The molecule has 0 N–H and O–H groups in total. The number of esters is 1. The van der Waals surface area contributed by atoms with Gasteiger partial charge < -0.3 is 33.2 Å². The van der Waals surface area contributed by atoms with E-state index in [-0.39, 0.29) is 13.2 Å². The molecule has 0 amide bonds. The number of ether oxygens (including phenoxy) is 7. The Bertz CT molecular complexity index is 909. The maximum absolute atomic E-state index is 12.8. The van der Waals surface area contributed by atoms with Crippen LogP contribution in [0.5, 0.6) is 11.5 Å². The molecule has 0 spiro atoms. The van der Waals surface area contributed by atoms with Gasteiger partial charge in [-0.1, -0.05) is 24.3 Å². The molecule has 2 aromatic carbocycles. The molecule has 0 bridgehead atoms. The van der Waals surface area contributed by atoms with Crippen LogP contribution in [0.15, 0.2) is 48.5 Å². The number of rotatable bonds is 10. The molecule has 0 aliphatic carbocycles. The molecule has 3 rings (SSSR count). The van der Waals surface area contributed by atoms with E-state index in [4.69, 9.17) is 33.2 Å². The van der Waals surface area contributed by atoms with Gasteiger partial charge in [0.2, 0.25) is 0 Å². The Morgan fingerprint density at radius 2 is 1.56 bits per heavy atom. The van der Waals surface area contributed by atoms with Gasteiger partial charge >= 0.3 is 5.97 Å². The van der Waals surface area contributed by atoms with E-state index in [0.29, 0.717) is 0 Å². The van der Waals surface area contributed by atoms with E-state index in [1.54, 1.807) is 35.2 Å². The molecule has 4 atom stereocenters. The first-order valence-electron chi connectivity index (χ1n) is 11.1. The molecule has 1 aliphatic rings. The molecule has 8 nitrogen and oxygen atoms in total. The zero-order chi connectivity index (χ0) is 24.7. The Kier molecular flexibility index (Phi) is 8.90. The molecular weight excluding hydrogens is 440 g/mol. The van der Waals surface area contributed by atoms with Crippen molar-refractivity contribution in [1.29, 1.82) is 0 Å². The predicted octanol–water partition coefficient (Wildman–Crippen LogP) is 3.92. The van der Waals surface area contributed by atoms with Gasteiger partial charge in [0.15, 0.2) is 6.29 Å². The minimum absolute atomic E-state index is 0.263. The highest BCUT2D eigenvalue weighted by molar-refractivity contribution is 5.76. The lowest BCUT2D eigenvalue weighted by atomic mass is 9.81. The summed E-state index contributed by atoms with van der Waals surface area (Å²) in [6.45, 7) is 4.11. The lowest BCUT2D eigenvalue weighted by Gasteiger charge is -2.44. The van der Waals surface area contributed by atoms with Gasteiger partial charge in [-0.15, -0.1) is 0 Å². The Hall–Kier alpha value is -2.65. The highest BCUT2D eigenvalue weighted by atomic mass is 16.7. The first kappa shape index (κ1) is 26.0. The third-order valence-corrected chi connectivity index (χ3v) is 6.06. The fraction of sp³-hybridized carbons (Fsp3) is 0.500. The maximum atomic E-state index is 12.8. The molecule has 0 unspecified atom stereocenters. The number of hydrogen-bond acceptors (Lipinski definition) is 8. The number of hydrogen-bond donors (Lipinski definition) is 0. The summed E-state index contributed by atoms with van der Waals surface area (Å²) in [5.41, 5.74) is 0.731. The highest BCUT2D eigenvalue weighted by Gasteiger charge is 2.49. The van der Waals surface area contributed by atoms with Crippen molar-refractivity contribution in [3.63, 3.8) is 0 Å². The van der Waals surface area contributed by atoms with Gasteiger partial charge in [-0.3, -0.25) is 4.79 Å². The Balaban J connectivity index is 1.87. The summed E-state index contributed by atoms with van der Waals surface area (Å²) in [6, 6.07) is 15.0. The smallest absolute Gasteiger partial charge is 0.313 e. The fourth-order valence-corrected chi connectivity index (χ4v) is 3.95. The van der Waals surface area contributed by atoms with Gasteiger partial charge in [-0.2, -0.15) is 0 Å². The van der Waals surface area contributed by atoms with Crippen molar-refractivity contribution in [1.82, 2.24) is 0 Å². The van der Waals surface area contributed by atoms with E-state index in [1.165, 1.54) is 7.11 Å². The minimum atomic E-state index is -1.02. The van der Waals surface area contributed by atoms with Crippen molar-refractivity contribution in [2.24, 2.45) is 5.41 Å². The van der Waals surface area contributed by atoms with Gasteiger partial charge in [0, 0.05) is 12.7 Å². The normalized spacial score (nSPS) is 21.5. The summed E-state index contributed by atoms with van der Waals surface area (Å²) < 4.78 is 39.9. The van der Waals surface area contributed by atoms with E-state index in [1.807, 2.05) is 48.5 Å². The van der Waals surface area contributed by atoms with E-state index >= 15 is 0 Å². The van der Waals surface area contributed by atoms with Crippen LogP contribution in [0.2, 0.25) is 0 Å². The van der Waals surface area contributed by atoms with Crippen molar-refractivity contribution in [2.45, 2.75) is 45.1 Å². The van der Waals surface area contributed by atoms with E-state index in [2.05, 4.69) is 0 Å². The van der Waals surface area contributed by atoms with Crippen LogP contribution < -0.4 is 9.47 Å². The van der Waals surface area contributed by atoms with Crippen LogP contribution in [-0.4, -0.2) is 59.3 Å². The van der Waals surface area contributed by atoms with Crippen molar-refractivity contribution in [2.75, 3.05) is 35.0 Å². The van der Waals surface area contributed by atoms with Crippen LogP contribution in [0.4, 0.5) is 0 Å². The SMILES string of the molecule is COC(=O)C(C)(C)[C@@H](OCc1ccc(OC)cc1)[C@@H]1O[C@H](c2ccc(OC)cc2)OC[C@@H]1OC. The van der Waals surface area contributed by atoms with Crippen LogP contribution >= 0.6 is 0 Å². The van der Waals surface area contributed by atoms with E-state index in [9.17, 15) is 4.79 Å². The predicted molar refractivity (Wildman–Crippen MR) is 125 cm³/mol. The second-order valence-electron chi connectivity index (χ2n) is 8.61. The van der Waals surface area contributed by atoms with Gasteiger partial charge in [-0.25, -0.2) is 0 Å². The third-order valence-electron chi connectivity index (χ3n) is 6.06. The molecule has 1 fully saturated rings. The summed E-state index contributed by atoms with van der Waals surface area (Å²) in [6.07, 6.45) is -2.38. The summed E-state index contributed by atoms with van der Waals surface area (Å²) >= 11 is 0. The van der Waals surface area contributed by atoms with Crippen LogP contribution in [0, 0.1) is 5.41 Å². The molecule has 2 aromatic rings. The quantitative estimate of drug-likeness (QED) is 0.480. The molecule has 186 valence electrons. The van der Waals surface area contributed by atoms with E-state index in [0.717, 1.165) is 22.6 Å². The van der Waals surface area contributed by atoms with Crippen molar-refractivity contribution in [3.05, 3.63) is 59.7 Å². The lowest BCUT2D eigenvalue weighted by Crippen LogP contribution is -2.56. The standard InChI is InChI=1S/C26H34O8/c1-26(2,25(27)31-6)23(32-15-17-7-11-19(28-3)12-8-17)22-21(30-5)16-33-24(34-22)18-9-13-20(29-4)14-10-18/h7-14,21-24H,15-16H2,1-6H3/t21-,22+,23-,24+/m0/s1. The number of carbonyl (C=O) groups is 1. The molecule has 34 heavy (non-hydrogen) atoms. The zero-order valence-electron chi connectivity index (χ0n) is 20.6. The third kappa shape index (κ3) is 5.88. The van der Waals surface area contributed by atoms with Gasteiger partial charge in [0.1, 0.15) is 29.8 Å². The van der Waals surface area contributed by atoms with Crippen molar-refractivity contribution >= 4 is 5.97 Å². The van der Waals surface area contributed by atoms with E-state index < -0.39 is 36.0 Å². The number of benzene rings is 2. The largest absolute Gasteiger partial charge is 0.497 e. The van der Waals surface area contributed by atoms with Crippen LogP contribution in [0.3, 0.4) is 0 Å². The van der Waals surface area contributed by atoms with Crippen molar-refractivity contribution < 1.29 is 38.0 Å². The molecule has 8 heteroatoms. The molecule has 1 heterocycles. The lowest BCUT2D eigenvalue weighted by molar-refractivity contribution is -0.295. The topological polar surface area (TPSA) is 81.7 Å². The first-order chi connectivity index (χ1) is 16.3. The number of methoxy groups -OCH3 is 4. The maximum Gasteiger partial charge on any atom is 0.313 e. The molecule has 0 radical (unpaired) electrons. The second-order valence-corrected chi connectivity index (χ2v) is 8.61. The second kappa shape index (κ2) is 11.7. The highest BCUT2D eigenvalue weighted by Crippen LogP contribution is 2.37. The van der Waals surface area contributed by atoms with Gasteiger partial charge in [0.25, 0.3) is 0 Å². The molecule has 1 aliphatic heterocycles. The monoisotopic (exact) mass is 474 g/mol. The number of carbonyl (C=O) groups excluding carboxylic acids is 1. The summed E-state index contributed by atoms with van der Waals surface area (Å²) in [5, 5.41) is 0. The molecular formula is C26H34O8. The summed E-state index contributed by atoms with van der Waals surface area (Å²) in [7, 11) is 6.18. The first-order valence-corrected chi connectivity index (χ1v) is 11.1. The van der Waals surface area contributed by atoms with Crippen LogP contribution in [0.1, 0.15) is 31.3 Å². The molecule has 1 saturated heterocycles. The van der Waals surface area contributed by atoms with Crippen molar-refractivity contribution in [3.8, 4) is 11.5 Å². The minimum Gasteiger partial charge on any atom is -0.497 e. The van der Waals surface area contributed by atoms with Gasteiger partial charge in [0.05, 0.1) is 40.0 Å². The Morgan fingerprint density at radius 3 is 2.09 bits per heavy atom.